The fourth-order valence-electron chi connectivity index (χ4n) is 2.78. The van der Waals surface area contributed by atoms with E-state index in [0.29, 0.717) is 24.9 Å². The summed E-state index contributed by atoms with van der Waals surface area (Å²) >= 11 is 0. The summed E-state index contributed by atoms with van der Waals surface area (Å²) < 4.78 is 10.7. The maximum atomic E-state index is 11.6. The number of nitrogens with one attached hydrogen (secondary N) is 1. The summed E-state index contributed by atoms with van der Waals surface area (Å²) in [5.74, 6) is 1.01. The highest BCUT2D eigenvalue weighted by atomic mass is 16.6. The Bertz CT molecular complexity index is 893. The Balaban J connectivity index is 1.44. The Morgan fingerprint density at radius 2 is 1.85 bits per heavy atom. The maximum absolute atomic E-state index is 11.6. The average molecular weight is 350 g/mol. The quantitative estimate of drug-likeness (QED) is 0.752. The van der Waals surface area contributed by atoms with Crippen molar-refractivity contribution in [2.45, 2.75) is 13.0 Å². The van der Waals surface area contributed by atoms with Gasteiger partial charge in [0, 0.05) is 16.9 Å². The molecular formula is C19H18N4O3. The summed E-state index contributed by atoms with van der Waals surface area (Å²) in [5.41, 5.74) is 2.60. The minimum Gasteiger partial charge on any atom is -0.447 e. The number of nitrogens with zero attached hydrogens (tertiary/aromatic N) is 3. The van der Waals surface area contributed by atoms with E-state index in [0.717, 1.165) is 16.9 Å². The van der Waals surface area contributed by atoms with Crippen molar-refractivity contribution in [1.82, 2.24) is 10.2 Å². The first-order valence-electron chi connectivity index (χ1n) is 8.40. The van der Waals surface area contributed by atoms with Crippen LogP contribution in [0.4, 0.5) is 16.2 Å². The minimum absolute atomic E-state index is 0.150. The molecule has 2 heterocycles. The summed E-state index contributed by atoms with van der Waals surface area (Å²) in [5, 5.41) is 11.6. The first-order valence-corrected chi connectivity index (χ1v) is 8.40. The van der Waals surface area contributed by atoms with Crippen LogP contribution in [0.5, 0.6) is 0 Å². The summed E-state index contributed by atoms with van der Waals surface area (Å²) in [6.45, 7) is 2.96. The molecule has 7 heteroatoms. The van der Waals surface area contributed by atoms with Crippen LogP contribution in [0.15, 0.2) is 59.0 Å². The molecule has 1 amide bonds. The lowest BCUT2D eigenvalue weighted by Gasteiger charge is -2.15. The van der Waals surface area contributed by atoms with Gasteiger partial charge in [-0.1, -0.05) is 18.2 Å². The summed E-state index contributed by atoms with van der Waals surface area (Å²) in [6.07, 6.45) is -0.307. The van der Waals surface area contributed by atoms with Crippen molar-refractivity contribution >= 4 is 17.5 Å². The molecule has 1 atom stereocenters. The Morgan fingerprint density at radius 3 is 2.54 bits per heavy atom. The Kier molecular flexibility index (Phi) is 4.27. The van der Waals surface area contributed by atoms with Crippen molar-refractivity contribution in [2.24, 2.45) is 0 Å². The summed E-state index contributed by atoms with van der Waals surface area (Å²) in [6, 6.07) is 17.1. The fourth-order valence-corrected chi connectivity index (χ4v) is 2.78. The molecule has 26 heavy (non-hydrogen) atoms. The number of anilines is 2. The second kappa shape index (κ2) is 6.87. The van der Waals surface area contributed by atoms with Crippen molar-refractivity contribution in [3.63, 3.8) is 0 Å². The molecule has 2 aromatic carbocycles. The number of benzene rings is 2. The van der Waals surface area contributed by atoms with Gasteiger partial charge >= 0.3 is 6.09 Å². The molecule has 3 aromatic rings. The van der Waals surface area contributed by atoms with E-state index in [4.69, 9.17) is 9.15 Å². The Hall–Kier alpha value is -3.35. The van der Waals surface area contributed by atoms with Crippen molar-refractivity contribution < 1.29 is 13.9 Å². The second-order valence-electron chi connectivity index (χ2n) is 5.99. The molecule has 4 rings (SSSR count). The molecule has 0 bridgehead atoms. The molecule has 7 nitrogen and oxygen atoms in total. The normalized spacial score (nSPS) is 15.0. The molecule has 1 N–H and O–H groups in total. The molecule has 132 valence electrons. The Morgan fingerprint density at radius 1 is 1.08 bits per heavy atom. The number of hydrogen-bond donors (Lipinski definition) is 1. The molecule has 0 aliphatic carbocycles. The third kappa shape index (κ3) is 3.23. The lowest BCUT2D eigenvalue weighted by molar-refractivity contribution is 0.181. The highest BCUT2D eigenvalue weighted by Crippen LogP contribution is 2.25. The number of aromatic nitrogens is 2. The van der Waals surface area contributed by atoms with Gasteiger partial charge in [-0.25, -0.2) is 4.79 Å². The highest BCUT2D eigenvalue weighted by Gasteiger charge is 2.23. The zero-order chi connectivity index (χ0) is 17.9. The van der Waals surface area contributed by atoms with Crippen LogP contribution < -0.4 is 10.2 Å². The number of carbonyl (C=O) groups is 1. The molecular weight excluding hydrogens is 332 g/mol. The van der Waals surface area contributed by atoms with Gasteiger partial charge in [0.2, 0.25) is 11.8 Å². The van der Waals surface area contributed by atoms with E-state index in [9.17, 15) is 4.79 Å². The fraction of sp³-hybridized carbons (Fsp3) is 0.211. The standard InChI is InChI=1S/C19H18N4O3/c1-13(17-21-22-18(26-17)14-5-3-2-4-6-14)20-15-7-9-16(10-8-15)23-11-12-25-19(23)24/h2-10,13,20H,11-12H2,1H3/t13-/m1/s1. The summed E-state index contributed by atoms with van der Waals surface area (Å²) in [4.78, 5) is 13.2. The van der Waals surface area contributed by atoms with Gasteiger partial charge in [0.15, 0.2) is 0 Å². The molecule has 1 saturated heterocycles. The third-order valence-electron chi connectivity index (χ3n) is 4.15. The molecule has 0 spiro atoms. The average Bonchev–Trinajstić information content (AvgIpc) is 3.32. The zero-order valence-corrected chi connectivity index (χ0v) is 14.3. The Labute approximate surface area is 150 Å². The van der Waals surface area contributed by atoms with Gasteiger partial charge in [-0.2, -0.15) is 0 Å². The van der Waals surface area contributed by atoms with E-state index in [2.05, 4.69) is 15.5 Å². The molecule has 1 aromatic heterocycles. The largest absolute Gasteiger partial charge is 0.447 e. The van der Waals surface area contributed by atoms with Crippen LogP contribution in [0.2, 0.25) is 0 Å². The van der Waals surface area contributed by atoms with E-state index in [1.807, 2.05) is 61.5 Å². The number of hydrogen-bond acceptors (Lipinski definition) is 6. The van der Waals surface area contributed by atoms with Gasteiger partial charge in [-0.3, -0.25) is 4.90 Å². The van der Waals surface area contributed by atoms with Gasteiger partial charge in [0.1, 0.15) is 12.6 Å². The van der Waals surface area contributed by atoms with Crippen LogP contribution in [0.3, 0.4) is 0 Å². The van der Waals surface area contributed by atoms with Gasteiger partial charge in [0.05, 0.1) is 6.54 Å². The van der Waals surface area contributed by atoms with Gasteiger partial charge in [0.25, 0.3) is 0 Å². The van der Waals surface area contributed by atoms with E-state index in [1.54, 1.807) is 4.90 Å². The third-order valence-corrected chi connectivity index (χ3v) is 4.15. The monoisotopic (exact) mass is 350 g/mol. The van der Waals surface area contributed by atoms with E-state index < -0.39 is 0 Å². The smallest absolute Gasteiger partial charge is 0.414 e. The number of amides is 1. The number of cyclic esters (lactones) is 1. The molecule has 1 fully saturated rings. The van der Waals surface area contributed by atoms with Gasteiger partial charge < -0.3 is 14.5 Å². The van der Waals surface area contributed by atoms with Crippen molar-refractivity contribution in [1.29, 1.82) is 0 Å². The minimum atomic E-state index is -0.307. The predicted octanol–water partition coefficient (Wildman–Crippen LogP) is 3.87. The first kappa shape index (κ1) is 16.1. The SMILES string of the molecule is C[C@@H](Nc1ccc(N2CCOC2=O)cc1)c1nnc(-c2ccccc2)o1. The number of rotatable bonds is 5. The van der Waals surface area contributed by atoms with Crippen LogP contribution in [-0.4, -0.2) is 29.4 Å². The van der Waals surface area contributed by atoms with Gasteiger partial charge in [-0.15, -0.1) is 10.2 Å². The molecule has 0 unspecified atom stereocenters. The molecule has 1 aliphatic rings. The van der Waals surface area contributed by atoms with Crippen LogP contribution in [-0.2, 0) is 4.74 Å². The van der Waals surface area contributed by atoms with E-state index in [1.165, 1.54) is 0 Å². The van der Waals surface area contributed by atoms with E-state index in [-0.39, 0.29) is 12.1 Å². The maximum Gasteiger partial charge on any atom is 0.414 e. The highest BCUT2D eigenvalue weighted by molar-refractivity contribution is 5.89. The van der Waals surface area contributed by atoms with Crippen LogP contribution in [0.1, 0.15) is 18.9 Å². The first-order chi connectivity index (χ1) is 12.7. The van der Waals surface area contributed by atoms with Crippen LogP contribution in [0.25, 0.3) is 11.5 Å². The van der Waals surface area contributed by atoms with E-state index >= 15 is 0 Å². The lowest BCUT2D eigenvalue weighted by atomic mass is 10.2. The summed E-state index contributed by atoms with van der Waals surface area (Å²) in [7, 11) is 0. The van der Waals surface area contributed by atoms with Crippen molar-refractivity contribution in [3.8, 4) is 11.5 Å². The second-order valence-corrected chi connectivity index (χ2v) is 5.99. The molecule has 0 saturated carbocycles. The molecule has 0 radical (unpaired) electrons. The topological polar surface area (TPSA) is 80.5 Å². The lowest BCUT2D eigenvalue weighted by Crippen LogP contribution is -2.23. The zero-order valence-electron chi connectivity index (χ0n) is 14.3. The van der Waals surface area contributed by atoms with Crippen LogP contribution >= 0.6 is 0 Å². The predicted molar refractivity (Wildman–Crippen MR) is 96.9 cm³/mol. The van der Waals surface area contributed by atoms with Crippen molar-refractivity contribution in [2.75, 3.05) is 23.4 Å². The number of carbonyl (C=O) groups excluding carboxylic acids is 1. The molecule has 1 aliphatic heterocycles. The van der Waals surface area contributed by atoms with Gasteiger partial charge in [-0.05, 0) is 43.3 Å². The number of ether oxygens (including phenoxy) is 1. The van der Waals surface area contributed by atoms with Crippen LogP contribution in [0, 0.1) is 0 Å². The van der Waals surface area contributed by atoms with Crippen molar-refractivity contribution in [3.05, 3.63) is 60.5 Å².